The Morgan fingerprint density at radius 2 is 1.90 bits per heavy atom. The van der Waals surface area contributed by atoms with Gasteiger partial charge in [0.25, 0.3) is 5.91 Å². The minimum absolute atomic E-state index is 0.0300. The number of rotatable bonds is 2. The summed E-state index contributed by atoms with van der Waals surface area (Å²) in [5.74, 6) is -0.0300. The van der Waals surface area contributed by atoms with Crippen molar-refractivity contribution in [3.8, 4) is 0 Å². The molecule has 1 saturated heterocycles. The van der Waals surface area contributed by atoms with Crippen molar-refractivity contribution in [1.82, 2.24) is 5.32 Å². The molecule has 3 rings (SSSR count). The van der Waals surface area contributed by atoms with Gasteiger partial charge < -0.3 is 14.8 Å². The van der Waals surface area contributed by atoms with Gasteiger partial charge in [-0.25, -0.2) is 0 Å². The molecule has 1 heterocycles. The molecule has 20 heavy (non-hydrogen) atoms. The van der Waals surface area contributed by atoms with Gasteiger partial charge in [-0.2, -0.15) is 0 Å². The number of hydrogen-bond acceptors (Lipinski definition) is 3. The lowest BCUT2D eigenvalue weighted by atomic mass is 9.89. The van der Waals surface area contributed by atoms with Gasteiger partial charge in [-0.15, -0.1) is 0 Å². The number of ether oxygens (including phenoxy) is 2. The Bertz CT molecular complexity index is 494. The smallest absolute Gasteiger partial charge is 0.252 e. The summed E-state index contributed by atoms with van der Waals surface area (Å²) in [5, 5.41) is 3.10. The van der Waals surface area contributed by atoms with Crippen LogP contribution >= 0.6 is 15.9 Å². The molecule has 0 bridgehead atoms. The number of nitrogens with one attached hydrogen (secondary N) is 1. The van der Waals surface area contributed by atoms with Crippen molar-refractivity contribution in [3.05, 3.63) is 34.3 Å². The van der Waals surface area contributed by atoms with E-state index in [9.17, 15) is 4.79 Å². The molecule has 1 N–H and O–H groups in total. The molecule has 1 saturated carbocycles. The van der Waals surface area contributed by atoms with Gasteiger partial charge in [0.2, 0.25) is 0 Å². The Morgan fingerprint density at radius 1 is 1.15 bits per heavy atom. The molecule has 0 radical (unpaired) electrons. The van der Waals surface area contributed by atoms with Crippen LogP contribution in [-0.4, -0.2) is 37.4 Å². The van der Waals surface area contributed by atoms with Crippen molar-refractivity contribution in [2.24, 2.45) is 0 Å². The molecular weight excluding hydrogens is 322 g/mol. The lowest BCUT2D eigenvalue weighted by molar-refractivity contribution is -0.157. The Labute approximate surface area is 127 Å². The van der Waals surface area contributed by atoms with Crippen LogP contribution in [0.25, 0.3) is 0 Å². The second kappa shape index (κ2) is 6.24. The normalized spacial score (nSPS) is 29.6. The fraction of sp³-hybridized carbons (Fsp3) is 0.533. The molecule has 2 aliphatic rings. The molecule has 0 aromatic heterocycles. The van der Waals surface area contributed by atoms with Crippen LogP contribution in [-0.2, 0) is 9.47 Å². The maximum atomic E-state index is 12.3. The third-order valence-electron chi connectivity index (χ3n) is 3.93. The largest absolute Gasteiger partial charge is 0.373 e. The molecule has 1 amide bonds. The minimum atomic E-state index is -0.0300. The van der Waals surface area contributed by atoms with E-state index in [-0.39, 0.29) is 24.2 Å². The van der Waals surface area contributed by atoms with Gasteiger partial charge in [0.05, 0.1) is 31.0 Å². The zero-order valence-corrected chi connectivity index (χ0v) is 12.8. The van der Waals surface area contributed by atoms with E-state index in [1.54, 1.807) is 0 Å². The second-order valence-electron chi connectivity index (χ2n) is 5.28. The summed E-state index contributed by atoms with van der Waals surface area (Å²) in [7, 11) is 0. The summed E-state index contributed by atoms with van der Waals surface area (Å²) >= 11 is 3.41. The molecule has 0 spiro atoms. The summed E-state index contributed by atoms with van der Waals surface area (Å²) in [5.41, 5.74) is 0.676. The standard InChI is InChI=1S/C15H18BrNO3/c16-12-4-2-1-3-11(12)15(18)17-10-5-6-13-14(9-10)20-8-7-19-13/h1-4,10,13-14H,5-9H2,(H,17,18)/t10-,13+,14+/m1/s1. The summed E-state index contributed by atoms with van der Waals surface area (Å²) < 4.78 is 12.3. The van der Waals surface area contributed by atoms with Gasteiger partial charge in [-0.05, 0) is 47.3 Å². The highest BCUT2D eigenvalue weighted by molar-refractivity contribution is 9.10. The van der Waals surface area contributed by atoms with Crippen LogP contribution in [0.1, 0.15) is 29.6 Å². The summed E-state index contributed by atoms with van der Waals surface area (Å²) in [6, 6.07) is 7.64. The van der Waals surface area contributed by atoms with E-state index in [0.29, 0.717) is 18.8 Å². The minimum Gasteiger partial charge on any atom is -0.373 e. The van der Waals surface area contributed by atoms with Crippen LogP contribution in [0.3, 0.4) is 0 Å². The highest BCUT2D eigenvalue weighted by Gasteiger charge is 2.34. The number of fused-ring (bicyclic) bond motifs is 1. The van der Waals surface area contributed by atoms with Gasteiger partial charge >= 0.3 is 0 Å². The average molecular weight is 340 g/mol. The maximum absolute atomic E-state index is 12.3. The third kappa shape index (κ3) is 3.05. The number of carbonyl (C=O) groups excluding carboxylic acids is 1. The molecule has 5 heteroatoms. The number of benzene rings is 1. The lowest BCUT2D eigenvalue weighted by Gasteiger charge is -2.39. The Kier molecular flexibility index (Phi) is 4.38. The molecule has 3 atom stereocenters. The van der Waals surface area contributed by atoms with E-state index in [0.717, 1.165) is 23.7 Å². The SMILES string of the molecule is O=C(N[C@@H]1CC[C@@H]2OCCO[C@H]2C1)c1ccccc1Br. The van der Waals surface area contributed by atoms with Crippen molar-refractivity contribution in [1.29, 1.82) is 0 Å². The zero-order chi connectivity index (χ0) is 13.9. The van der Waals surface area contributed by atoms with Gasteiger partial charge in [0, 0.05) is 10.5 Å². The first-order chi connectivity index (χ1) is 9.74. The molecular formula is C15H18BrNO3. The van der Waals surface area contributed by atoms with E-state index in [1.165, 1.54) is 0 Å². The molecule has 2 fully saturated rings. The molecule has 4 nitrogen and oxygen atoms in total. The molecule has 1 aliphatic heterocycles. The van der Waals surface area contributed by atoms with E-state index < -0.39 is 0 Å². The Hall–Kier alpha value is -0.910. The first kappa shape index (κ1) is 14.0. The summed E-state index contributed by atoms with van der Waals surface area (Å²) in [6.07, 6.45) is 3.06. The number of hydrogen-bond donors (Lipinski definition) is 1. The van der Waals surface area contributed by atoms with Gasteiger partial charge in [0.15, 0.2) is 0 Å². The molecule has 1 aliphatic carbocycles. The highest BCUT2D eigenvalue weighted by atomic mass is 79.9. The van der Waals surface area contributed by atoms with E-state index >= 15 is 0 Å². The van der Waals surface area contributed by atoms with Crippen LogP contribution < -0.4 is 5.32 Å². The zero-order valence-electron chi connectivity index (χ0n) is 11.2. The van der Waals surface area contributed by atoms with E-state index in [4.69, 9.17) is 9.47 Å². The Balaban J connectivity index is 1.61. The second-order valence-corrected chi connectivity index (χ2v) is 6.14. The van der Waals surface area contributed by atoms with Crippen LogP contribution in [0, 0.1) is 0 Å². The number of halogens is 1. The van der Waals surface area contributed by atoms with Gasteiger partial charge in [-0.3, -0.25) is 4.79 Å². The molecule has 1 aromatic carbocycles. The van der Waals surface area contributed by atoms with Gasteiger partial charge in [0.1, 0.15) is 0 Å². The molecule has 0 unspecified atom stereocenters. The summed E-state index contributed by atoms with van der Waals surface area (Å²) in [6.45, 7) is 1.35. The molecule has 1 aromatic rings. The van der Waals surface area contributed by atoms with E-state index in [2.05, 4.69) is 21.2 Å². The Morgan fingerprint density at radius 3 is 2.70 bits per heavy atom. The lowest BCUT2D eigenvalue weighted by Crippen LogP contribution is -2.49. The highest BCUT2D eigenvalue weighted by Crippen LogP contribution is 2.27. The average Bonchev–Trinajstić information content (AvgIpc) is 2.47. The van der Waals surface area contributed by atoms with Crippen molar-refractivity contribution < 1.29 is 14.3 Å². The van der Waals surface area contributed by atoms with Crippen LogP contribution in [0.2, 0.25) is 0 Å². The quantitative estimate of drug-likeness (QED) is 0.900. The maximum Gasteiger partial charge on any atom is 0.252 e. The van der Waals surface area contributed by atoms with Crippen molar-refractivity contribution in [3.63, 3.8) is 0 Å². The fourth-order valence-electron chi connectivity index (χ4n) is 2.91. The predicted molar refractivity (Wildman–Crippen MR) is 78.7 cm³/mol. The molecule has 108 valence electrons. The summed E-state index contributed by atoms with van der Waals surface area (Å²) in [4.78, 5) is 12.3. The monoisotopic (exact) mass is 339 g/mol. The number of carbonyl (C=O) groups is 1. The van der Waals surface area contributed by atoms with Gasteiger partial charge in [-0.1, -0.05) is 12.1 Å². The van der Waals surface area contributed by atoms with Crippen LogP contribution in [0.5, 0.6) is 0 Å². The number of amides is 1. The van der Waals surface area contributed by atoms with E-state index in [1.807, 2.05) is 24.3 Å². The third-order valence-corrected chi connectivity index (χ3v) is 4.62. The first-order valence-electron chi connectivity index (χ1n) is 7.02. The van der Waals surface area contributed by atoms with Crippen LogP contribution in [0.4, 0.5) is 0 Å². The topological polar surface area (TPSA) is 47.6 Å². The van der Waals surface area contributed by atoms with Crippen LogP contribution in [0.15, 0.2) is 28.7 Å². The van der Waals surface area contributed by atoms with Crippen molar-refractivity contribution in [2.75, 3.05) is 13.2 Å². The predicted octanol–water partition coefficient (Wildman–Crippen LogP) is 2.52. The first-order valence-corrected chi connectivity index (χ1v) is 7.82. The van der Waals surface area contributed by atoms with Crippen molar-refractivity contribution >= 4 is 21.8 Å². The fourth-order valence-corrected chi connectivity index (χ4v) is 3.37. The van der Waals surface area contributed by atoms with Crippen molar-refractivity contribution in [2.45, 2.75) is 37.5 Å².